The molecule has 0 spiro atoms. The van der Waals surface area contributed by atoms with Crippen LogP contribution in [-0.2, 0) is 16.6 Å². The minimum atomic E-state index is -1.48. The summed E-state index contributed by atoms with van der Waals surface area (Å²) in [5.41, 5.74) is 1.18. The van der Waals surface area contributed by atoms with Crippen LogP contribution in [0.4, 0.5) is 8.78 Å². The summed E-state index contributed by atoms with van der Waals surface area (Å²) >= 11 is 0. The summed E-state index contributed by atoms with van der Waals surface area (Å²) in [6.45, 7) is 0. The van der Waals surface area contributed by atoms with Gasteiger partial charge in [0.15, 0.2) is 11.6 Å². The molecule has 0 bridgehead atoms. The Morgan fingerprint density at radius 2 is 1.89 bits per heavy atom. The van der Waals surface area contributed by atoms with Crippen LogP contribution in [0, 0.1) is 23.0 Å². The maximum atomic E-state index is 13.0. The molecule has 2 aromatic carbocycles. The van der Waals surface area contributed by atoms with E-state index >= 15 is 0 Å². The molecule has 2 aromatic rings. The molecule has 96 valence electrons. The monoisotopic (exact) mass is 277 g/mol. The van der Waals surface area contributed by atoms with Crippen LogP contribution >= 0.6 is 0 Å². The largest absolute Gasteiger partial charge is 0.254 e. The average Bonchev–Trinajstić information content (AvgIpc) is 2.42. The van der Waals surface area contributed by atoms with Gasteiger partial charge in [0.1, 0.15) is 0 Å². The summed E-state index contributed by atoms with van der Waals surface area (Å²) in [6.07, 6.45) is 0. The summed E-state index contributed by atoms with van der Waals surface area (Å²) in [7, 11) is -1.48. The second-order valence-corrected chi connectivity index (χ2v) is 5.33. The Bertz CT molecular complexity index is 679. The van der Waals surface area contributed by atoms with Gasteiger partial charge in [0.05, 0.1) is 28.2 Å². The van der Waals surface area contributed by atoms with Crippen molar-refractivity contribution in [3.05, 3.63) is 65.2 Å². The van der Waals surface area contributed by atoms with Crippen LogP contribution in [-0.4, -0.2) is 4.21 Å². The topological polar surface area (TPSA) is 40.9 Å². The Balaban J connectivity index is 2.21. The van der Waals surface area contributed by atoms with E-state index < -0.39 is 22.4 Å². The smallest absolute Gasteiger partial charge is 0.160 e. The molecule has 0 radical (unpaired) electrons. The van der Waals surface area contributed by atoms with Crippen molar-refractivity contribution in [1.82, 2.24) is 0 Å². The van der Waals surface area contributed by atoms with Gasteiger partial charge in [-0.3, -0.25) is 4.21 Å². The van der Waals surface area contributed by atoms with E-state index in [1.54, 1.807) is 24.3 Å². The highest BCUT2D eigenvalue weighted by molar-refractivity contribution is 7.84. The Kier molecular flexibility index (Phi) is 4.03. The van der Waals surface area contributed by atoms with Crippen LogP contribution < -0.4 is 0 Å². The molecule has 0 saturated carbocycles. The first kappa shape index (κ1) is 13.4. The lowest BCUT2D eigenvalue weighted by atomic mass is 10.2. The molecule has 1 unspecified atom stereocenters. The summed E-state index contributed by atoms with van der Waals surface area (Å²) in [4.78, 5) is 0.223. The SMILES string of the molecule is N#Cc1cccc(CS(=O)c2ccc(F)c(F)c2)c1. The lowest BCUT2D eigenvalue weighted by Gasteiger charge is -2.03. The lowest BCUT2D eigenvalue weighted by Crippen LogP contribution is -1.98. The zero-order chi connectivity index (χ0) is 13.8. The first-order chi connectivity index (χ1) is 9.10. The standard InChI is InChI=1S/C14H9F2NOS/c15-13-5-4-12(7-14(13)16)19(18)9-11-3-1-2-10(6-11)8-17/h1-7H,9H2. The molecule has 2 rings (SSSR count). The number of halogens is 2. The summed E-state index contributed by atoms with van der Waals surface area (Å²) in [5, 5.41) is 8.76. The highest BCUT2D eigenvalue weighted by Gasteiger charge is 2.09. The van der Waals surface area contributed by atoms with Crippen LogP contribution in [0.1, 0.15) is 11.1 Å². The molecular formula is C14H9F2NOS. The molecule has 0 aliphatic heterocycles. The molecule has 0 N–H and O–H groups in total. The van der Waals surface area contributed by atoms with Gasteiger partial charge in [-0.25, -0.2) is 8.78 Å². The summed E-state index contributed by atoms with van der Waals surface area (Å²) in [5.74, 6) is -1.83. The van der Waals surface area contributed by atoms with Crippen molar-refractivity contribution in [3.8, 4) is 6.07 Å². The van der Waals surface area contributed by atoms with E-state index in [9.17, 15) is 13.0 Å². The zero-order valence-corrected chi connectivity index (χ0v) is 10.6. The highest BCUT2D eigenvalue weighted by atomic mass is 32.2. The first-order valence-electron chi connectivity index (χ1n) is 5.42. The van der Waals surface area contributed by atoms with Crippen LogP contribution in [0.2, 0.25) is 0 Å². The number of benzene rings is 2. The molecule has 19 heavy (non-hydrogen) atoms. The molecule has 0 aliphatic rings. The molecule has 0 aliphatic carbocycles. The van der Waals surface area contributed by atoms with E-state index in [4.69, 9.17) is 5.26 Å². The lowest BCUT2D eigenvalue weighted by molar-refractivity contribution is 0.505. The highest BCUT2D eigenvalue weighted by Crippen LogP contribution is 2.16. The number of hydrogen-bond donors (Lipinski definition) is 0. The number of hydrogen-bond acceptors (Lipinski definition) is 2. The molecule has 5 heteroatoms. The Labute approximate surface area is 111 Å². The third kappa shape index (κ3) is 3.24. The van der Waals surface area contributed by atoms with Crippen molar-refractivity contribution in [2.24, 2.45) is 0 Å². The van der Waals surface area contributed by atoms with Crippen molar-refractivity contribution in [2.45, 2.75) is 10.6 Å². The fourth-order valence-electron chi connectivity index (χ4n) is 1.58. The normalized spacial score (nSPS) is 11.8. The molecule has 1 atom stereocenters. The van der Waals surface area contributed by atoms with E-state index in [2.05, 4.69) is 0 Å². The quantitative estimate of drug-likeness (QED) is 0.864. The molecule has 0 aromatic heterocycles. The van der Waals surface area contributed by atoms with E-state index in [-0.39, 0.29) is 10.6 Å². The van der Waals surface area contributed by atoms with Crippen LogP contribution in [0.5, 0.6) is 0 Å². The third-order valence-corrected chi connectivity index (χ3v) is 3.88. The molecule has 0 heterocycles. The molecule has 0 amide bonds. The van der Waals surface area contributed by atoms with Gasteiger partial charge < -0.3 is 0 Å². The van der Waals surface area contributed by atoms with E-state index in [0.717, 1.165) is 12.1 Å². The number of nitrogens with zero attached hydrogens (tertiary/aromatic N) is 1. The molecule has 0 saturated heterocycles. The predicted octanol–water partition coefficient (Wildman–Crippen LogP) is 3.14. The van der Waals surface area contributed by atoms with Crippen molar-refractivity contribution in [2.75, 3.05) is 0 Å². The van der Waals surface area contributed by atoms with Gasteiger partial charge in [-0.1, -0.05) is 12.1 Å². The predicted molar refractivity (Wildman–Crippen MR) is 67.6 cm³/mol. The third-order valence-electron chi connectivity index (χ3n) is 2.51. The molecule has 2 nitrogen and oxygen atoms in total. The van der Waals surface area contributed by atoms with Crippen LogP contribution in [0.3, 0.4) is 0 Å². The van der Waals surface area contributed by atoms with Crippen molar-refractivity contribution in [1.29, 1.82) is 5.26 Å². The first-order valence-corrected chi connectivity index (χ1v) is 6.74. The average molecular weight is 277 g/mol. The van der Waals surface area contributed by atoms with Gasteiger partial charge in [0, 0.05) is 4.90 Å². The van der Waals surface area contributed by atoms with E-state index in [1.165, 1.54) is 6.07 Å². The fourth-order valence-corrected chi connectivity index (χ4v) is 2.69. The Morgan fingerprint density at radius 1 is 1.11 bits per heavy atom. The maximum absolute atomic E-state index is 13.0. The van der Waals surface area contributed by atoms with Crippen molar-refractivity contribution >= 4 is 10.8 Å². The summed E-state index contributed by atoms with van der Waals surface area (Å²) in [6, 6.07) is 11.9. The second-order valence-electron chi connectivity index (χ2n) is 3.88. The molecular weight excluding hydrogens is 268 g/mol. The van der Waals surface area contributed by atoms with Crippen LogP contribution in [0.15, 0.2) is 47.4 Å². The van der Waals surface area contributed by atoms with Gasteiger partial charge in [-0.05, 0) is 35.9 Å². The van der Waals surface area contributed by atoms with Gasteiger partial charge in [-0.2, -0.15) is 5.26 Å². The Hall–Kier alpha value is -2.06. The minimum absolute atomic E-state index is 0.153. The summed E-state index contributed by atoms with van der Waals surface area (Å²) < 4.78 is 37.8. The van der Waals surface area contributed by atoms with Crippen molar-refractivity contribution < 1.29 is 13.0 Å². The molecule has 0 fully saturated rings. The second kappa shape index (κ2) is 5.72. The number of nitriles is 1. The zero-order valence-electron chi connectivity index (χ0n) is 9.77. The van der Waals surface area contributed by atoms with Gasteiger partial charge in [-0.15, -0.1) is 0 Å². The number of rotatable bonds is 3. The van der Waals surface area contributed by atoms with Crippen molar-refractivity contribution in [3.63, 3.8) is 0 Å². The maximum Gasteiger partial charge on any atom is 0.160 e. The van der Waals surface area contributed by atoms with Gasteiger partial charge in [0.2, 0.25) is 0 Å². The van der Waals surface area contributed by atoms with Gasteiger partial charge in [0.25, 0.3) is 0 Å². The Morgan fingerprint density at radius 3 is 2.58 bits per heavy atom. The van der Waals surface area contributed by atoms with E-state index in [0.29, 0.717) is 11.1 Å². The van der Waals surface area contributed by atoms with Crippen LogP contribution in [0.25, 0.3) is 0 Å². The minimum Gasteiger partial charge on any atom is -0.254 e. The van der Waals surface area contributed by atoms with E-state index in [1.807, 2.05) is 6.07 Å². The van der Waals surface area contributed by atoms with Gasteiger partial charge >= 0.3 is 0 Å². The fraction of sp³-hybridized carbons (Fsp3) is 0.0714.